The second-order valence-corrected chi connectivity index (χ2v) is 5.85. The molecule has 0 radical (unpaired) electrons. The van der Waals surface area contributed by atoms with Crippen LogP contribution in [0.3, 0.4) is 0 Å². The first-order valence-corrected chi connectivity index (χ1v) is 8.55. The van der Waals surface area contributed by atoms with E-state index in [1.54, 1.807) is 11.8 Å². The summed E-state index contributed by atoms with van der Waals surface area (Å²) in [5.41, 5.74) is 0.928. The van der Waals surface area contributed by atoms with Crippen LogP contribution in [0.1, 0.15) is 11.8 Å². The minimum atomic E-state index is 0.501. The Balaban J connectivity index is 1.62. The van der Waals surface area contributed by atoms with Crippen LogP contribution in [0.4, 0.5) is 0 Å². The number of rotatable bonds is 6. The van der Waals surface area contributed by atoms with E-state index in [-0.39, 0.29) is 0 Å². The predicted octanol–water partition coefficient (Wildman–Crippen LogP) is 3.27. The quantitative estimate of drug-likeness (QED) is 0.640. The monoisotopic (exact) mass is 320 g/mol. The predicted molar refractivity (Wildman–Crippen MR) is 80.8 cm³/mol. The average Bonchev–Trinajstić information content (AvgIpc) is 3.16. The Hall–Kier alpha value is -1.80. The zero-order chi connectivity index (χ0) is 14.5. The topological polar surface area (TPSA) is 77.8 Å². The number of nitrogens with zero attached hydrogens (tertiary/aromatic N) is 4. The van der Waals surface area contributed by atoms with E-state index >= 15 is 0 Å². The first-order chi connectivity index (χ1) is 10.3. The minimum Gasteiger partial charge on any atom is -0.415 e. The standard InChI is InChI=1S/C13H12N4O2S2/c1-20-7-11-15-16-13(18-11)21-8-10-14-12(17-19-10)9-5-3-2-4-6-9/h2-6H,7-8H2,1H3. The molecule has 6 nitrogen and oxygen atoms in total. The molecule has 3 aromatic rings. The van der Waals surface area contributed by atoms with Crippen molar-refractivity contribution in [3.63, 3.8) is 0 Å². The van der Waals surface area contributed by atoms with Gasteiger partial charge in [0.05, 0.1) is 11.5 Å². The van der Waals surface area contributed by atoms with Crippen molar-refractivity contribution in [2.24, 2.45) is 0 Å². The van der Waals surface area contributed by atoms with Crippen LogP contribution >= 0.6 is 23.5 Å². The Morgan fingerprint density at radius 2 is 1.90 bits per heavy atom. The van der Waals surface area contributed by atoms with Gasteiger partial charge in [-0.3, -0.25) is 0 Å². The summed E-state index contributed by atoms with van der Waals surface area (Å²) in [6.07, 6.45) is 1.99. The average molecular weight is 320 g/mol. The number of hydrogen-bond acceptors (Lipinski definition) is 8. The molecule has 2 aromatic heterocycles. The summed E-state index contributed by atoms with van der Waals surface area (Å²) in [5, 5.41) is 12.4. The molecule has 0 bridgehead atoms. The van der Waals surface area contributed by atoms with E-state index < -0.39 is 0 Å². The van der Waals surface area contributed by atoms with Gasteiger partial charge in [-0.1, -0.05) is 47.3 Å². The maximum Gasteiger partial charge on any atom is 0.277 e. The summed E-state index contributed by atoms with van der Waals surface area (Å²) in [6, 6.07) is 9.70. The minimum absolute atomic E-state index is 0.501. The normalized spacial score (nSPS) is 10.9. The molecule has 8 heteroatoms. The fourth-order valence-electron chi connectivity index (χ4n) is 1.62. The van der Waals surface area contributed by atoms with Crippen LogP contribution in [0.5, 0.6) is 0 Å². The molecular weight excluding hydrogens is 308 g/mol. The van der Waals surface area contributed by atoms with E-state index in [4.69, 9.17) is 8.94 Å². The van der Waals surface area contributed by atoms with Crippen LogP contribution in [0.25, 0.3) is 11.4 Å². The molecule has 0 saturated heterocycles. The second-order valence-electron chi connectivity index (χ2n) is 4.06. The highest BCUT2D eigenvalue weighted by Crippen LogP contribution is 2.23. The molecule has 0 spiro atoms. The number of thioether (sulfide) groups is 2. The fraction of sp³-hybridized carbons (Fsp3) is 0.231. The lowest BCUT2D eigenvalue weighted by Crippen LogP contribution is -1.82. The number of benzene rings is 1. The third kappa shape index (κ3) is 3.64. The summed E-state index contributed by atoms with van der Waals surface area (Å²) in [7, 11) is 0. The zero-order valence-electron chi connectivity index (χ0n) is 11.2. The maximum atomic E-state index is 5.47. The first-order valence-electron chi connectivity index (χ1n) is 6.17. The molecule has 108 valence electrons. The third-order valence-corrected chi connectivity index (χ3v) is 3.87. The molecule has 0 N–H and O–H groups in total. The number of hydrogen-bond donors (Lipinski definition) is 0. The van der Waals surface area contributed by atoms with Gasteiger partial charge in [0.1, 0.15) is 0 Å². The van der Waals surface area contributed by atoms with Gasteiger partial charge in [-0.25, -0.2) is 0 Å². The molecule has 0 atom stereocenters. The van der Waals surface area contributed by atoms with Gasteiger partial charge in [0, 0.05) is 5.56 Å². The summed E-state index contributed by atoms with van der Waals surface area (Å²) in [6.45, 7) is 0. The van der Waals surface area contributed by atoms with Crippen molar-refractivity contribution in [2.45, 2.75) is 16.7 Å². The van der Waals surface area contributed by atoms with Crippen molar-refractivity contribution in [1.29, 1.82) is 0 Å². The Kier molecular flexibility index (Phi) is 4.56. The number of aromatic nitrogens is 4. The molecule has 1 aromatic carbocycles. The molecule has 0 aliphatic rings. The van der Waals surface area contributed by atoms with Gasteiger partial charge in [-0.05, 0) is 6.26 Å². The summed E-state index contributed by atoms with van der Waals surface area (Å²) in [5.74, 6) is 2.95. The molecule has 0 aliphatic heterocycles. The van der Waals surface area contributed by atoms with Crippen LogP contribution in [0.15, 0.2) is 44.5 Å². The smallest absolute Gasteiger partial charge is 0.277 e. The molecule has 21 heavy (non-hydrogen) atoms. The molecule has 0 saturated carbocycles. The molecule has 0 aliphatic carbocycles. The second kappa shape index (κ2) is 6.77. The van der Waals surface area contributed by atoms with Gasteiger partial charge >= 0.3 is 0 Å². The van der Waals surface area contributed by atoms with E-state index in [0.717, 1.165) is 5.56 Å². The van der Waals surface area contributed by atoms with Gasteiger partial charge in [0.25, 0.3) is 5.22 Å². The lowest BCUT2D eigenvalue weighted by molar-refractivity contribution is 0.390. The van der Waals surface area contributed by atoms with Crippen LogP contribution in [-0.2, 0) is 11.5 Å². The van der Waals surface area contributed by atoms with Crippen molar-refractivity contribution < 1.29 is 8.94 Å². The Morgan fingerprint density at radius 3 is 2.71 bits per heavy atom. The lowest BCUT2D eigenvalue weighted by Gasteiger charge is -1.91. The van der Waals surface area contributed by atoms with Crippen LogP contribution in [0, 0.1) is 0 Å². The summed E-state index contributed by atoms with van der Waals surface area (Å²) < 4.78 is 10.7. The van der Waals surface area contributed by atoms with Crippen LogP contribution in [0.2, 0.25) is 0 Å². The molecule has 0 amide bonds. The van der Waals surface area contributed by atoms with E-state index in [9.17, 15) is 0 Å². The van der Waals surface area contributed by atoms with Crippen molar-refractivity contribution >= 4 is 23.5 Å². The highest BCUT2D eigenvalue weighted by atomic mass is 32.2. The van der Waals surface area contributed by atoms with E-state index in [2.05, 4.69) is 20.3 Å². The van der Waals surface area contributed by atoms with Crippen molar-refractivity contribution in [2.75, 3.05) is 6.26 Å². The third-order valence-electron chi connectivity index (χ3n) is 2.54. The van der Waals surface area contributed by atoms with Gasteiger partial charge in [0.15, 0.2) is 0 Å². The van der Waals surface area contributed by atoms with Crippen molar-refractivity contribution in [3.8, 4) is 11.4 Å². The molecular formula is C13H12N4O2S2. The lowest BCUT2D eigenvalue weighted by atomic mass is 10.2. The molecule has 3 rings (SSSR count). The van der Waals surface area contributed by atoms with Gasteiger partial charge in [0.2, 0.25) is 17.6 Å². The fourth-order valence-corrected chi connectivity index (χ4v) is 2.60. The van der Waals surface area contributed by atoms with Crippen LogP contribution < -0.4 is 0 Å². The summed E-state index contributed by atoms with van der Waals surface area (Å²) >= 11 is 3.02. The summed E-state index contributed by atoms with van der Waals surface area (Å²) in [4.78, 5) is 4.35. The maximum absolute atomic E-state index is 5.47. The van der Waals surface area contributed by atoms with Crippen LogP contribution in [-0.4, -0.2) is 26.6 Å². The molecule has 2 heterocycles. The van der Waals surface area contributed by atoms with Crippen molar-refractivity contribution in [1.82, 2.24) is 20.3 Å². The van der Waals surface area contributed by atoms with Gasteiger partial charge in [-0.2, -0.15) is 16.7 Å². The van der Waals surface area contributed by atoms with E-state index in [0.29, 0.717) is 34.3 Å². The van der Waals surface area contributed by atoms with Crippen molar-refractivity contribution in [3.05, 3.63) is 42.1 Å². The highest BCUT2D eigenvalue weighted by Gasteiger charge is 2.11. The Labute approximate surface area is 129 Å². The van der Waals surface area contributed by atoms with E-state index in [1.165, 1.54) is 11.8 Å². The Morgan fingerprint density at radius 1 is 1.05 bits per heavy atom. The van der Waals surface area contributed by atoms with Gasteiger partial charge in [-0.15, -0.1) is 10.2 Å². The zero-order valence-corrected chi connectivity index (χ0v) is 12.9. The first kappa shape index (κ1) is 14.2. The molecule has 0 fully saturated rings. The molecule has 0 unspecified atom stereocenters. The largest absolute Gasteiger partial charge is 0.415 e. The van der Waals surface area contributed by atoms with E-state index in [1.807, 2.05) is 36.6 Å². The Bertz CT molecular complexity index is 699. The van der Waals surface area contributed by atoms with Gasteiger partial charge < -0.3 is 8.94 Å². The SMILES string of the molecule is CSCc1nnc(SCc2nc(-c3ccccc3)no2)o1. The highest BCUT2D eigenvalue weighted by molar-refractivity contribution is 7.98.